The van der Waals surface area contributed by atoms with Crippen molar-refractivity contribution in [2.24, 2.45) is 5.11 Å². The molecule has 0 saturated carbocycles. The van der Waals surface area contributed by atoms with Gasteiger partial charge in [0.25, 0.3) is 0 Å². The topological polar surface area (TPSA) is 99.2 Å². The summed E-state index contributed by atoms with van der Waals surface area (Å²) in [6.07, 6.45) is 1.36. The molecule has 0 aliphatic rings. The van der Waals surface area contributed by atoms with E-state index in [0.717, 1.165) is 5.39 Å². The van der Waals surface area contributed by atoms with Crippen LogP contribution in [-0.4, -0.2) is 10.9 Å². The number of ketones is 1. The minimum absolute atomic E-state index is 0.0576. The van der Waals surface area contributed by atoms with Gasteiger partial charge in [0.05, 0.1) is 11.3 Å². The fraction of sp³-hybridized carbons (Fsp3) is 0. The molecule has 0 aliphatic carbocycles. The van der Waals surface area contributed by atoms with Gasteiger partial charge in [0, 0.05) is 10.3 Å². The zero-order chi connectivity index (χ0) is 16.2. The van der Waals surface area contributed by atoms with E-state index in [-0.39, 0.29) is 17.0 Å². The number of para-hydroxylation sites is 2. The van der Waals surface area contributed by atoms with Crippen LogP contribution in [0.1, 0.15) is 16.1 Å². The summed E-state index contributed by atoms with van der Waals surface area (Å²) in [7, 11) is 0. The number of hydrogen-bond donors (Lipinski definition) is 1. The van der Waals surface area contributed by atoms with Crippen molar-refractivity contribution < 1.29 is 14.3 Å². The number of nitrogens with zero attached hydrogens (tertiary/aromatic N) is 3. The van der Waals surface area contributed by atoms with E-state index in [9.17, 15) is 9.90 Å². The van der Waals surface area contributed by atoms with E-state index >= 15 is 0 Å². The van der Waals surface area contributed by atoms with Crippen LogP contribution in [-0.2, 0) is 0 Å². The lowest BCUT2D eigenvalue weighted by atomic mass is 10.1. The average molecular weight is 305 g/mol. The number of azide groups is 1. The lowest BCUT2D eigenvalue weighted by molar-refractivity contribution is 0.103. The van der Waals surface area contributed by atoms with Gasteiger partial charge in [0.1, 0.15) is 17.1 Å². The highest BCUT2D eigenvalue weighted by atomic mass is 16.3. The standard InChI is InChI=1S/C17H11N3O3/c18-20-19-14(17(22)13-6-2-3-7-15(13)21)10-12-9-11-5-1-4-8-16(11)23-12/h1-10,21H/b14-10-. The highest BCUT2D eigenvalue weighted by molar-refractivity contribution is 6.12. The molecule has 1 N–H and O–H groups in total. The molecule has 0 unspecified atom stereocenters. The van der Waals surface area contributed by atoms with Crippen LogP contribution in [0.4, 0.5) is 0 Å². The maximum Gasteiger partial charge on any atom is 0.199 e. The Morgan fingerprint density at radius 3 is 2.65 bits per heavy atom. The molecule has 1 aromatic heterocycles. The largest absolute Gasteiger partial charge is 0.507 e. The summed E-state index contributed by atoms with van der Waals surface area (Å²) in [6, 6.07) is 15.2. The predicted molar refractivity (Wildman–Crippen MR) is 85.8 cm³/mol. The summed E-state index contributed by atoms with van der Waals surface area (Å²) in [4.78, 5) is 15.1. The van der Waals surface area contributed by atoms with E-state index in [0.29, 0.717) is 11.3 Å². The highest BCUT2D eigenvalue weighted by Crippen LogP contribution is 2.24. The fourth-order valence-electron chi connectivity index (χ4n) is 2.20. The summed E-state index contributed by atoms with van der Waals surface area (Å²) in [5.41, 5.74) is 9.25. The smallest absolute Gasteiger partial charge is 0.199 e. The van der Waals surface area contributed by atoms with Crippen LogP contribution in [0.3, 0.4) is 0 Å². The summed E-state index contributed by atoms with van der Waals surface area (Å²) in [5.74, 6) is -0.375. The molecule has 112 valence electrons. The zero-order valence-electron chi connectivity index (χ0n) is 11.9. The molecule has 6 nitrogen and oxygen atoms in total. The Hall–Kier alpha value is -3.50. The molecule has 6 heteroatoms. The average Bonchev–Trinajstić information content (AvgIpc) is 2.96. The molecule has 0 aliphatic heterocycles. The lowest BCUT2D eigenvalue weighted by Gasteiger charge is -2.02. The van der Waals surface area contributed by atoms with Gasteiger partial charge in [-0.15, -0.1) is 0 Å². The van der Waals surface area contributed by atoms with Crippen molar-refractivity contribution in [3.05, 3.63) is 82.1 Å². The number of aromatic hydroxyl groups is 1. The van der Waals surface area contributed by atoms with E-state index in [1.807, 2.05) is 18.2 Å². The molecule has 0 radical (unpaired) electrons. The number of phenolic OH excluding ortho intramolecular Hbond substituents is 1. The molecular formula is C17H11N3O3. The van der Waals surface area contributed by atoms with Crippen LogP contribution >= 0.6 is 0 Å². The molecule has 3 aromatic rings. The van der Waals surface area contributed by atoms with Crippen molar-refractivity contribution in [1.29, 1.82) is 0 Å². The third-order valence-corrected chi connectivity index (χ3v) is 3.26. The Morgan fingerprint density at radius 1 is 1.17 bits per heavy atom. The second-order valence-corrected chi connectivity index (χ2v) is 4.75. The van der Waals surface area contributed by atoms with Gasteiger partial charge in [-0.2, -0.15) is 0 Å². The molecule has 3 rings (SSSR count). The van der Waals surface area contributed by atoms with E-state index in [1.54, 1.807) is 24.3 Å². The number of furan rings is 1. The van der Waals surface area contributed by atoms with E-state index in [4.69, 9.17) is 9.95 Å². The quantitative estimate of drug-likeness (QED) is 0.249. The van der Waals surface area contributed by atoms with Crippen LogP contribution in [0.15, 0.2) is 69.8 Å². The van der Waals surface area contributed by atoms with Gasteiger partial charge in [-0.25, -0.2) is 0 Å². The van der Waals surface area contributed by atoms with Gasteiger partial charge in [-0.05, 0) is 35.9 Å². The first-order valence-electron chi connectivity index (χ1n) is 6.77. The summed E-state index contributed by atoms with van der Waals surface area (Å²) in [5, 5.41) is 14.1. The minimum Gasteiger partial charge on any atom is -0.507 e. The predicted octanol–water partition coefficient (Wildman–Crippen LogP) is 4.67. The number of allylic oxidation sites excluding steroid dienone is 1. The molecule has 0 amide bonds. The number of Topliss-reactive ketones (excluding diaryl/α,β-unsaturated/α-hetero) is 1. The lowest BCUT2D eigenvalue weighted by Crippen LogP contribution is -2.01. The first-order valence-corrected chi connectivity index (χ1v) is 6.77. The fourth-order valence-corrected chi connectivity index (χ4v) is 2.20. The molecule has 1 heterocycles. The molecule has 0 saturated heterocycles. The Balaban J connectivity index is 2.06. The normalized spacial score (nSPS) is 11.2. The van der Waals surface area contributed by atoms with Crippen LogP contribution in [0.25, 0.3) is 27.5 Å². The van der Waals surface area contributed by atoms with E-state index in [2.05, 4.69) is 10.0 Å². The summed E-state index contributed by atoms with van der Waals surface area (Å²) < 4.78 is 5.59. The second kappa shape index (κ2) is 6.09. The van der Waals surface area contributed by atoms with Crippen molar-refractivity contribution in [1.82, 2.24) is 0 Å². The molecule has 2 aromatic carbocycles. The van der Waals surface area contributed by atoms with Gasteiger partial charge in [0.2, 0.25) is 0 Å². The summed E-state index contributed by atoms with van der Waals surface area (Å²) in [6.45, 7) is 0. The number of hydrogen-bond acceptors (Lipinski definition) is 4. The highest BCUT2D eigenvalue weighted by Gasteiger charge is 2.15. The number of carbonyl (C=O) groups is 1. The SMILES string of the molecule is [N-]=[N+]=N/C(=C\c1cc2ccccc2o1)C(=O)c1ccccc1O. The number of phenols is 1. The van der Waals surface area contributed by atoms with Crippen molar-refractivity contribution >= 4 is 22.8 Å². The molecular weight excluding hydrogens is 294 g/mol. The van der Waals surface area contributed by atoms with Crippen molar-refractivity contribution in [2.75, 3.05) is 0 Å². The van der Waals surface area contributed by atoms with E-state index in [1.165, 1.54) is 18.2 Å². The summed E-state index contributed by atoms with van der Waals surface area (Å²) >= 11 is 0. The maximum atomic E-state index is 12.4. The second-order valence-electron chi connectivity index (χ2n) is 4.75. The monoisotopic (exact) mass is 305 g/mol. The Kier molecular flexibility index (Phi) is 3.82. The molecule has 0 bridgehead atoms. The minimum atomic E-state index is -0.582. The molecule has 23 heavy (non-hydrogen) atoms. The number of rotatable bonds is 4. The number of benzene rings is 2. The van der Waals surface area contributed by atoms with Crippen molar-refractivity contribution in [3.8, 4) is 5.75 Å². The third kappa shape index (κ3) is 2.92. The molecule has 0 fully saturated rings. The van der Waals surface area contributed by atoms with Gasteiger partial charge >= 0.3 is 0 Å². The van der Waals surface area contributed by atoms with Crippen LogP contribution in [0.2, 0.25) is 0 Å². The van der Waals surface area contributed by atoms with Crippen LogP contribution in [0.5, 0.6) is 5.75 Å². The molecule has 0 atom stereocenters. The Bertz CT molecular complexity index is 933. The van der Waals surface area contributed by atoms with Crippen LogP contribution in [0, 0.1) is 0 Å². The van der Waals surface area contributed by atoms with E-state index < -0.39 is 5.78 Å². The van der Waals surface area contributed by atoms with Gasteiger partial charge in [-0.3, -0.25) is 4.79 Å². The van der Waals surface area contributed by atoms with Crippen molar-refractivity contribution in [2.45, 2.75) is 0 Å². The van der Waals surface area contributed by atoms with Gasteiger partial charge < -0.3 is 9.52 Å². The first-order chi connectivity index (χ1) is 11.2. The van der Waals surface area contributed by atoms with Gasteiger partial charge in [0.15, 0.2) is 5.78 Å². The number of fused-ring (bicyclic) bond motifs is 1. The number of carbonyl (C=O) groups excluding carboxylic acids is 1. The Labute approximate surface area is 130 Å². The first kappa shape index (κ1) is 14.4. The Morgan fingerprint density at radius 2 is 1.91 bits per heavy atom. The van der Waals surface area contributed by atoms with Gasteiger partial charge in [-0.1, -0.05) is 35.4 Å². The molecule has 0 spiro atoms. The third-order valence-electron chi connectivity index (χ3n) is 3.26. The van der Waals surface area contributed by atoms with Crippen LogP contribution < -0.4 is 0 Å². The zero-order valence-corrected chi connectivity index (χ0v) is 11.9. The van der Waals surface area contributed by atoms with Crippen molar-refractivity contribution in [3.63, 3.8) is 0 Å². The maximum absolute atomic E-state index is 12.4.